The zero-order valence-corrected chi connectivity index (χ0v) is 33.5. The zero-order chi connectivity index (χ0) is 35.3. The minimum atomic E-state index is -2.65. The number of fused-ring (bicyclic) bond motifs is 7. The number of hydrogen-bond donors (Lipinski definition) is 0. The van der Waals surface area contributed by atoms with Gasteiger partial charge in [-0.3, -0.25) is 4.79 Å². The van der Waals surface area contributed by atoms with Gasteiger partial charge in [0.25, 0.3) is 8.32 Å². The Hall–Kier alpha value is -1.97. The van der Waals surface area contributed by atoms with Crippen LogP contribution in [-0.2, 0) is 9.22 Å². The van der Waals surface area contributed by atoms with E-state index < -0.39 is 8.32 Å². The second kappa shape index (κ2) is 11.8. The van der Waals surface area contributed by atoms with Gasteiger partial charge in [0, 0.05) is 18.4 Å². The number of allylic oxidation sites excluding steroid dienone is 1. The van der Waals surface area contributed by atoms with Crippen molar-refractivity contribution >= 4 is 24.5 Å². The largest absolute Gasteiger partial charge is 0.407 e. The minimum Gasteiger partial charge on any atom is -0.407 e. The highest BCUT2D eigenvalue weighted by molar-refractivity contribution is 6.99. The molecule has 0 aromatic heterocycles. The second-order valence-electron chi connectivity index (χ2n) is 20.1. The summed E-state index contributed by atoms with van der Waals surface area (Å²) in [5.74, 6) is 3.60. The minimum absolute atomic E-state index is 0.0217. The lowest BCUT2D eigenvalue weighted by atomic mass is 9.32. The van der Waals surface area contributed by atoms with Crippen LogP contribution in [0.25, 0.3) is 0 Å². The molecule has 7 rings (SSSR count). The maximum Gasteiger partial charge on any atom is 0.261 e. The quantitative estimate of drug-likeness (QED) is 0.225. The molecule has 5 fully saturated rings. The van der Waals surface area contributed by atoms with Gasteiger partial charge in [0.1, 0.15) is 5.78 Å². The summed E-state index contributed by atoms with van der Waals surface area (Å²) in [7, 11) is -2.65. The third-order valence-electron chi connectivity index (χ3n) is 17.0. The summed E-state index contributed by atoms with van der Waals surface area (Å²) >= 11 is 0. The van der Waals surface area contributed by atoms with Crippen LogP contribution in [0.5, 0.6) is 0 Å². The Balaban J connectivity index is 1.27. The highest BCUT2D eigenvalue weighted by Gasteiger charge is 2.71. The molecule has 1 unspecified atom stereocenters. The lowest BCUT2D eigenvalue weighted by Gasteiger charge is -2.72. The van der Waals surface area contributed by atoms with E-state index >= 15 is 0 Å². The summed E-state index contributed by atoms with van der Waals surface area (Å²) in [6.45, 7) is 27.8. The summed E-state index contributed by atoms with van der Waals surface area (Å²) in [5, 5.41) is 2.76. The Labute approximate surface area is 300 Å². The molecule has 0 saturated heterocycles. The Kier molecular flexibility index (Phi) is 8.51. The van der Waals surface area contributed by atoms with Gasteiger partial charge < -0.3 is 4.43 Å². The molecule has 266 valence electrons. The zero-order valence-electron chi connectivity index (χ0n) is 32.5. The summed E-state index contributed by atoms with van der Waals surface area (Å²) in [4.78, 5) is 13.3. The number of carbonyl (C=O) groups excluding carboxylic acids is 1. The standard InChI is InChI=1S/C46H66O2Si/c1-32(2)35-23-28-46(31-48-49(41(3,4)5,33-17-13-11-14-18-33)34-19-15-12-16-20-34)30-29-44(9)36(40(35)46)21-22-38-43(8)26-25-39(47)42(6,7)37(43)24-27-45(38,44)10/h11-20,35-38,40H,1,21-31H2,2-10H3/t35-,36?,37-,38+,40+,43-,44+,45+,46+/m0/s1. The van der Waals surface area contributed by atoms with Crippen molar-refractivity contribution in [2.75, 3.05) is 6.61 Å². The molecular formula is C46H66O2Si. The molecular weight excluding hydrogens is 613 g/mol. The van der Waals surface area contributed by atoms with Crippen LogP contribution in [0.15, 0.2) is 72.8 Å². The van der Waals surface area contributed by atoms with E-state index in [1.807, 2.05) is 0 Å². The molecule has 9 atom stereocenters. The van der Waals surface area contributed by atoms with Crippen LogP contribution in [0.3, 0.4) is 0 Å². The molecule has 3 heteroatoms. The van der Waals surface area contributed by atoms with Crippen molar-refractivity contribution in [3.63, 3.8) is 0 Å². The third-order valence-corrected chi connectivity index (χ3v) is 22.0. The van der Waals surface area contributed by atoms with E-state index in [0.29, 0.717) is 46.2 Å². The molecule has 2 aromatic rings. The fourth-order valence-electron chi connectivity index (χ4n) is 14.3. The number of rotatable bonds is 6. The summed E-state index contributed by atoms with van der Waals surface area (Å²) < 4.78 is 7.88. The first-order valence-corrected chi connectivity index (χ1v) is 21.8. The molecule has 5 aliphatic carbocycles. The topological polar surface area (TPSA) is 26.3 Å². The van der Waals surface area contributed by atoms with Gasteiger partial charge in [0.15, 0.2) is 0 Å². The number of Topliss-reactive ketones (excluding diaryl/α,β-unsaturated/α-hetero) is 1. The van der Waals surface area contributed by atoms with Gasteiger partial charge in [-0.2, -0.15) is 0 Å². The van der Waals surface area contributed by atoms with Crippen LogP contribution in [-0.4, -0.2) is 20.7 Å². The lowest BCUT2D eigenvalue weighted by molar-refractivity contribution is -0.235. The van der Waals surface area contributed by atoms with Crippen molar-refractivity contribution in [3.05, 3.63) is 72.8 Å². The highest BCUT2D eigenvalue weighted by atomic mass is 28.4. The molecule has 5 aliphatic rings. The van der Waals surface area contributed by atoms with Crippen molar-refractivity contribution in [2.24, 2.45) is 56.7 Å². The molecule has 0 radical (unpaired) electrons. The molecule has 5 saturated carbocycles. The SMILES string of the molecule is C=C(C)[C@@H]1CC[C@]2(CO[Si](c3ccccc3)(c3ccccc3)C(C)(C)C)CC[C@]3(C)C(CC[C@@H]4[C@@]5(C)CCC(=O)C(C)(C)[C@@H]5CC[C@]43C)[C@@H]12. The molecule has 0 bridgehead atoms. The monoisotopic (exact) mass is 678 g/mol. The van der Waals surface area contributed by atoms with Crippen molar-refractivity contribution in [3.8, 4) is 0 Å². The first-order chi connectivity index (χ1) is 23.0. The van der Waals surface area contributed by atoms with Crippen molar-refractivity contribution in [1.29, 1.82) is 0 Å². The maximum atomic E-state index is 13.3. The van der Waals surface area contributed by atoms with E-state index in [4.69, 9.17) is 4.43 Å². The van der Waals surface area contributed by atoms with E-state index in [2.05, 4.69) is 130 Å². The summed E-state index contributed by atoms with van der Waals surface area (Å²) in [6, 6.07) is 22.6. The van der Waals surface area contributed by atoms with Crippen LogP contribution in [0, 0.1) is 56.7 Å². The Morgan fingerprint density at radius 1 is 0.776 bits per heavy atom. The maximum absolute atomic E-state index is 13.3. The predicted molar refractivity (Wildman–Crippen MR) is 208 cm³/mol. The Bertz CT molecular complexity index is 1530. The van der Waals surface area contributed by atoms with E-state index in [9.17, 15) is 4.79 Å². The fourth-order valence-corrected chi connectivity index (χ4v) is 19.0. The van der Waals surface area contributed by atoms with E-state index in [-0.39, 0.29) is 21.3 Å². The average Bonchev–Trinajstić information content (AvgIpc) is 3.44. The molecule has 0 heterocycles. The Morgan fingerprint density at radius 2 is 1.39 bits per heavy atom. The molecule has 0 N–H and O–H groups in total. The van der Waals surface area contributed by atoms with E-state index in [1.165, 1.54) is 67.3 Å². The molecule has 0 aliphatic heterocycles. The molecule has 2 aromatic carbocycles. The van der Waals surface area contributed by atoms with Gasteiger partial charge in [0.2, 0.25) is 0 Å². The molecule has 49 heavy (non-hydrogen) atoms. The van der Waals surface area contributed by atoms with Gasteiger partial charge in [-0.05, 0) is 131 Å². The van der Waals surface area contributed by atoms with Crippen LogP contribution < -0.4 is 10.4 Å². The van der Waals surface area contributed by atoms with Crippen LogP contribution in [0.2, 0.25) is 5.04 Å². The van der Waals surface area contributed by atoms with E-state index in [0.717, 1.165) is 19.4 Å². The molecule has 0 spiro atoms. The number of ketones is 1. The first kappa shape index (κ1) is 35.4. The van der Waals surface area contributed by atoms with Crippen molar-refractivity contribution in [1.82, 2.24) is 0 Å². The van der Waals surface area contributed by atoms with Gasteiger partial charge in [0.05, 0.1) is 0 Å². The van der Waals surface area contributed by atoms with Gasteiger partial charge in [-0.25, -0.2) is 0 Å². The number of benzene rings is 2. The fraction of sp³-hybridized carbons (Fsp3) is 0.674. The Morgan fingerprint density at radius 3 is 1.96 bits per heavy atom. The average molecular weight is 679 g/mol. The van der Waals surface area contributed by atoms with Gasteiger partial charge in [-0.15, -0.1) is 0 Å². The highest BCUT2D eigenvalue weighted by Crippen LogP contribution is 2.77. The van der Waals surface area contributed by atoms with Gasteiger partial charge in [-0.1, -0.05) is 128 Å². The van der Waals surface area contributed by atoms with Crippen molar-refractivity contribution < 1.29 is 9.22 Å². The summed E-state index contributed by atoms with van der Waals surface area (Å²) in [6.07, 6.45) is 12.1. The van der Waals surface area contributed by atoms with Crippen LogP contribution in [0.4, 0.5) is 0 Å². The molecule has 2 nitrogen and oxygen atoms in total. The number of hydrogen-bond acceptors (Lipinski definition) is 2. The van der Waals surface area contributed by atoms with Crippen molar-refractivity contribution in [2.45, 2.75) is 132 Å². The summed E-state index contributed by atoms with van der Waals surface area (Å²) in [5.41, 5.74) is 2.23. The second-order valence-corrected chi connectivity index (χ2v) is 24.5. The van der Waals surface area contributed by atoms with E-state index in [1.54, 1.807) is 0 Å². The van der Waals surface area contributed by atoms with Gasteiger partial charge >= 0.3 is 0 Å². The first-order valence-electron chi connectivity index (χ1n) is 19.9. The predicted octanol–water partition coefficient (Wildman–Crippen LogP) is 10.8. The smallest absolute Gasteiger partial charge is 0.261 e. The number of carbonyl (C=O) groups is 1. The molecule has 0 amide bonds. The lowest BCUT2D eigenvalue weighted by Crippen LogP contribution is -2.68. The van der Waals surface area contributed by atoms with Crippen LogP contribution in [0.1, 0.15) is 127 Å². The third kappa shape index (κ3) is 4.89. The normalized spacial score (nSPS) is 40.1. The van der Waals surface area contributed by atoms with Crippen LogP contribution >= 0.6 is 0 Å².